The lowest BCUT2D eigenvalue weighted by Gasteiger charge is -2.23. The van der Waals surface area contributed by atoms with Gasteiger partial charge in [-0.1, -0.05) is 55.7 Å². The van der Waals surface area contributed by atoms with Crippen LogP contribution in [-0.4, -0.2) is 50.3 Å². The van der Waals surface area contributed by atoms with Gasteiger partial charge in [0, 0.05) is 31.9 Å². The summed E-state index contributed by atoms with van der Waals surface area (Å²) < 4.78 is 37.4. The van der Waals surface area contributed by atoms with Gasteiger partial charge in [-0.15, -0.1) is 0 Å². The highest BCUT2D eigenvalue weighted by Crippen LogP contribution is 2.37. The fourth-order valence-electron chi connectivity index (χ4n) is 5.25. The van der Waals surface area contributed by atoms with Crippen molar-refractivity contribution in [1.82, 2.24) is 27.8 Å². The molecule has 9 nitrogen and oxygen atoms in total. The first-order chi connectivity index (χ1) is 18.4. The summed E-state index contributed by atoms with van der Waals surface area (Å²) in [5.41, 5.74) is 5.22. The lowest BCUT2D eigenvalue weighted by atomic mass is 9.95. The van der Waals surface area contributed by atoms with Crippen molar-refractivity contribution >= 4 is 32.3 Å². The van der Waals surface area contributed by atoms with Crippen LogP contribution in [0.4, 0.5) is 0 Å². The molecule has 5 aromatic rings. The molecule has 196 valence electrons. The van der Waals surface area contributed by atoms with Crippen LogP contribution in [0.25, 0.3) is 33.2 Å². The highest BCUT2D eigenvalue weighted by molar-refractivity contribution is 7.87. The van der Waals surface area contributed by atoms with E-state index >= 15 is 0 Å². The summed E-state index contributed by atoms with van der Waals surface area (Å²) in [5, 5.41) is 0. The molecule has 0 N–H and O–H groups in total. The number of hydrogen-bond donors (Lipinski definition) is 0. The molecule has 0 amide bonds. The second-order valence-electron chi connectivity index (χ2n) is 9.93. The smallest absolute Gasteiger partial charge is 0.307 e. The fourth-order valence-corrected chi connectivity index (χ4v) is 6.24. The highest BCUT2D eigenvalue weighted by Gasteiger charge is 2.26. The van der Waals surface area contributed by atoms with Crippen molar-refractivity contribution in [2.45, 2.75) is 44.8 Å². The quantitative estimate of drug-likeness (QED) is 0.288. The zero-order chi connectivity index (χ0) is 26.3. The van der Waals surface area contributed by atoms with E-state index in [1.807, 2.05) is 48.8 Å². The van der Waals surface area contributed by atoms with E-state index in [1.54, 1.807) is 6.20 Å². The van der Waals surface area contributed by atoms with Gasteiger partial charge in [0.1, 0.15) is 24.0 Å². The Labute approximate surface area is 221 Å². The maximum Gasteiger partial charge on any atom is 0.307 e. The predicted molar refractivity (Wildman–Crippen MR) is 147 cm³/mol. The van der Waals surface area contributed by atoms with Crippen molar-refractivity contribution in [1.29, 1.82) is 0 Å². The molecule has 38 heavy (non-hydrogen) atoms. The molecule has 2 aromatic carbocycles. The molecule has 0 atom stereocenters. The molecule has 3 aromatic heterocycles. The molecule has 1 aliphatic carbocycles. The molecule has 10 heteroatoms. The van der Waals surface area contributed by atoms with Crippen LogP contribution in [0.3, 0.4) is 0 Å². The van der Waals surface area contributed by atoms with Crippen LogP contribution in [-0.2, 0) is 16.8 Å². The number of ether oxygens (including phenoxy) is 1. The van der Waals surface area contributed by atoms with Gasteiger partial charge in [0.05, 0.1) is 17.4 Å². The minimum atomic E-state index is -3.88. The third-order valence-corrected chi connectivity index (χ3v) is 9.00. The minimum absolute atomic E-state index is 0.207. The number of fused-ring (bicyclic) bond motifs is 2. The molecule has 0 unspecified atom stereocenters. The average molecular weight is 531 g/mol. The second-order valence-corrected chi connectivity index (χ2v) is 11.9. The van der Waals surface area contributed by atoms with E-state index in [9.17, 15) is 8.42 Å². The van der Waals surface area contributed by atoms with E-state index < -0.39 is 10.2 Å². The van der Waals surface area contributed by atoms with Gasteiger partial charge in [-0.2, -0.15) is 17.7 Å². The maximum absolute atomic E-state index is 13.4. The van der Waals surface area contributed by atoms with Crippen LogP contribution in [0.5, 0.6) is 5.88 Å². The van der Waals surface area contributed by atoms with Crippen molar-refractivity contribution in [3.05, 3.63) is 72.9 Å². The van der Waals surface area contributed by atoms with E-state index in [-0.39, 0.29) is 12.5 Å². The first kappa shape index (κ1) is 24.6. The Balaban J connectivity index is 1.46. The lowest BCUT2D eigenvalue weighted by Crippen LogP contribution is -2.28. The van der Waals surface area contributed by atoms with Crippen molar-refractivity contribution in [2.75, 3.05) is 14.1 Å². The van der Waals surface area contributed by atoms with E-state index in [4.69, 9.17) is 9.72 Å². The Morgan fingerprint density at radius 1 is 1.00 bits per heavy atom. The molecule has 0 spiro atoms. The fraction of sp³-hybridized carbons (Fsp3) is 0.321. The van der Waals surface area contributed by atoms with Gasteiger partial charge in [-0.3, -0.25) is 0 Å². The molecule has 6 rings (SSSR count). The summed E-state index contributed by atoms with van der Waals surface area (Å²) in [7, 11) is -0.881. The van der Waals surface area contributed by atoms with Gasteiger partial charge in [0.25, 0.3) is 0 Å². The molecule has 0 saturated heterocycles. The Hall–Kier alpha value is -3.76. The van der Waals surface area contributed by atoms with Gasteiger partial charge in [-0.05, 0) is 36.1 Å². The van der Waals surface area contributed by atoms with Crippen LogP contribution >= 0.6 is 0 Å². The third kappa shape index (κ3) is 4.33. The largest absolute Gasteiger partial charge is 0.471 e. The van der Waals surface area contributed by atoms with Crippen LogP contribution in [0.2, 0.25) is 0 Å². The Bertz CT molecular complexity index is 1700. The first-order valence-electron chi connectivity index (χ1n) is 12.9. The molecular weight excluding hydrogens is 500 g/mol. The summed E-state index contributed by atoms with van der Waals surface area (Å²) in [5.74, 6) is 0.207. The number of imidazole rings is 1. The molecule has 3 heterocycles. The molecular formula is C28H30N6O3S. The summed E-state index contributed by atoms with van der Waals surface area (Å²) in [4.78, 5) is 13.5. The Morgan fingerprint density at radius 3 is 2.55 bits per heavy atom. The number of nitrogens with zero attached hydrogens (tertiary/aromatic N) is 6. The van der Waals surface area contributed by atoms with Crippen molar-refractivity contribution < 1.29 is 13.2 Å². The normalized spacial score (nSPS) is 15.0. The molecule has 1 saturated carbocycles. The maximum atomic E-state index is 13.4. The molecule has 0 bridgehead atoms. The average Bonchev–Trinajstić information content (AvgIpc) is 3.55. The van der Waals surface area contributed by atoms with Crippen molar-refractivity contribution in [2.24, 2.45) is 0 Å². The molecule has 1 fully saturated rings. The first-order valence-corrected chi connectivity index (χ1v) is 14.3. The Morgan fingerprint density at radius 2 is 1.79 bits per heavy atom. The zero-order valence-electron chi connectivity index (χ0n) is 21.5. The van der Waals surface area contributed by atoms with Gasteiger partial charge >= 0.3 is 10.2 Å². The van der Waals surface area contributed by atoms with E-state index in [0.717, 1.165) is 22.2 Å². The summed E-state index contributed by atoms with van der Waals surface area (Å²) in [6.45, 7) is 0.250. The van der Waals surface area contributed by atoms with Crippen LogP contribution < -0.4 is 4.74 Å². The lowest BCUT2D eigenvalue weighted by molar-refractivity contribution is 0.296. The van der Waals surface area contributed by atoms with Gasteiger partial charge in [0.15, 0.2) is 0 Å². The summed E-state index contributed by atoms with van der Waals surface area (Å²) in [6.07, 6.45) is 11.1. The van der Waals surface area contributed by atoms with E-state index in [2.05, 4.69) is 20.6 Å². The number of benzene rings is 2. The minimum Gasteiger partial charge on any atom is -0.471 e. The van der Waals surface area contributed by atoms with Gasteiger partial charge in [0.2, 0.25) is 5.88 Å². The standard InChI is InChI=1S/C28H30N6O3S/c1-32(2)38(35,36)34-16-23(26-27(34)28(30-18-29-26)37-17-20-9-5-3-6-10-20)21-13-14-25-24(15-21)31-19-33(25)22-11-7-4-8-12-22/h3,5-6,9-10,13-16,18-19,22H,4,7-8,11-12,17H2,1-2H3. The summed E-state index contributed by atoms with van der Waals surface area (Å²) in [6, 6.07) is 16.2. The van der Waals surface area contributed by atoms with Crippen LogP contribution in [0.15, 0.2) is 67.4 Å². The second kappa shape index (κ2) is 9.85. The monoisotopic (exact) mass is 530 g/mol. The zero-order valence-corrected chi connectivity index (χ0v) is 22.3. The third-order valence-electron chi connectivity index (χ3n) is 7.29. The van der Waals surface area contributed by atoms with Gasteiger partial charge in [-0.25, -0.2) is 13.9 Å². The summed E-state index contributed by atoms with van der Waals surface area (Å²) >= 11 is 0. The SMILES string of the molecule is CN(C)S(=O)(=O)n1cc(-c2ccc3c(c2)ncn3C2CCCCC2)c2ncnc(OCc3ccccc3)c21. The predicted octanol–water partition coefficient (Wildman–Crippen LogP) is 5.19. The van der Waals surface area contributed by atoms with Crippen LogP contribution in [0, 0.1) is 0 Å². The number of aromatic nitrogens is 5. The molecule has 0 aliphatic heterocycles. The van der Waals surface area contributed by atoms with Crippen LogP contribution in [0.1, 0.15) is 43.7 Å². The number of rotatable bonds is 7. The van der Waals surface area contributed by atoms with Gasteiger partial charge < -0.3 is 9.30 Å². The molecule has 0 radical (unpaired) electrons. The topological polar surface area (TPSA) is 95.1 Å². The number of hydrogen-bond acceptors (Lipinski definition) is 6. The molecule has 1 aliphatic rings. The van der Waals surface area contributed by atoms with Crippen molar-refractivity contribution in [3.63, 3.8) is 0 Å². The Kier molecular flexibility index (Phi) is 6.37. The van der Waals surface area contributed by atoms with Crippen molar-refractivity contribution in [3.8, 4) is 17.0 Å². The van der Waals surface area contributed by atoms with E-state index in [0.29, 0.717) is 22.6 Å². The van der Waals surface area contributed by atoms with E-state index in [1.165, 1.54) is 60.8 Å². The highest BCUT2D eigenvalue weighted by atomic mass is 32.2.